The van der Waals surface area contributed by atoms with E-state index in [2.05, 4.69) is 15.8 Å². The number of carbonyl (C=O) groups excluding carboxylic acids is 1. The Labute approximate surface area is 112 Å². The van der Waals surface area contributed by atoms with Crippen LogP contribution in [0.4, 0.5) is 4.79 Å². The zero-order valence-corrected chi connectivity index (χ0v) is 11.8. The van der Waals surface area contributed by atoms with Crippen LogP contribution in [0.25, 0.3) is 0 Å². The van der Waals surface area contributed by atoms with Gasteiger partial charge in [0.25, 0.3) is 0 Å². The molecule has 0 aliphatic carbocycles. The van der Waals surface area contributed by atoms with Gasteiger partial charge in [-0.2, -0.15) is 0 Å². The number of hydrogen-bond donors (Lipinski definition) is 2. The van der Waals surface area contributed by atoms with Crippen LogP contribution in [0.15, 0.2) is 16.9 Å². The summed E-state index contributed by atoms with van der Waals surface area (Å²) in [6.45, 7) is 8.39. The molecule has 1 atom stereocenters. The summed E-state index contributed by atoms with van der Waals surface area (Å²) < 4.78 is 10.6. The molecule has 0 unspecified atom stereocenters. The summed E-state index contributed by atoms with van der Waals surface area (Å²) in [6, 6.07) is 1.48. The molecule has 1 aromatic heterocycles. The first-order valence-corrected chi connectivity index (χ1v) is 6.42. The molecule has 106 valence electrons. The molecule has 6 nitrogen and oxygen atoms in total. The fraction of sp³-hybridized carbons (Fsp3) is 0.692. The largest absolute Gasteiger partial charge is 0.367 e. The molecule has 0 saturated carbocycles. The quantitative estimate of drug-likeness (QED) is 0.875. The molecule has 0 bridgehead atoms. The molecule has 1 aliphatic heterocycles. The third-order valence-corrected chi connectivity index (χ3v) is 3.30. The van der Waals surface area contributed by atoms with E-state index in [0.29, 0.717) is 12.2 Å². The van der Waals surface area contributed by atoms with E-state index in [0.717, 1.165) is 6.42 Å². The van der Waals surface area contributed by atoms with Crippen molar-refractivity contribution in [1.82, 2.24) is 15.8 Å². The van der Waals surface area contributed by atoms with E-state index < -0.39 is 0 Å². The van der Waals surface area contributed by atoms with Gasteiger partial charge in [0, 0.05) is 6.07 Å². The summed E-state index contributed by atoms with van der Waals surface area (Å²) in [7, 11) is 0. The molecule has 1 fully saturated rings. The number of urea groups is 1. The number of hydrogen-bond acceptors (Lipinski definition) is 4. The normalized spacial score (nSPS) is 24.1. The van der Waals surface area contributed by atoms with Crippen molar-refractivity contribution in [2.45, 2.75) is 57.9 Å². The van der Waals surface area contributed by atoms with Crippen molar-refractivity contribution >= 4 is 6.03 Å². The number of amides is 2. The molecule has 2 N–H and O–H groups in total. The maximum Gasteiger partial charge on any atom is 0.315 e. The van der Waals surface area contributed by atoms with E-state index in [4.69, 9.17) is 9.26 Å². The van der Waals surface area contributed by atoms with Gasteiger partial charge in [-0.15, -0.1) is 0 Å². The van der Waals surface area contributed by atoms with Crippen LogP contribution >= 0.6 is 0 Å². The Morgan fingerprint density at radius 3 is 2.74 bits per heavy atom. The molecule has 19 heavy (non-hydrogen) atoms. The van der Waals surface area contributed by atoms with Crippen LogP contribution in [0.1, 0.15) is 39.8 Å². The highest BCUT2D eigenvalue weighted by molar-refractivity contribution is 5.74. The standard InChI is InChI=1S/C13H21N3O3/c1-12(2)7-10(13(3,4)19-12)15-11(17)14-8-9-5-6-18-16-9/h5-6,10H,7-8H2,1-4H3,(H2,14,15,17)/t10-/m1/s1. The number of ether oxygens (including phenoxy) is 1. The molecule has 2 heterocycles. The van der Waals surface area contributed by atoms with Crippen LogP contribution in [0.2, 0.25) is 0 Å². The number of carbonyl (C=O) groups is 1. The average molecular weight is 267 g/mol. The number of aromatic nitrogens is 1. The van der Waals surface area contributed by atoms with Crippen LogP contribution in [0.3, 0.4) is 0 Å². The van der Waals surface area contributed by atoms with Gasteiger partial charge in [0.15, 0.2) is 0 Å². The Bertz CT molecular complexity index is 440. The zero-order chi connectivity index (χ0) is 14.1. The van der Waals surface area contributed by atoms with Gasteiger partial charge in [-0.05, 0) is 34.1 Å². The predicted molar refractivity (Wildman–Crippen MR) is 69.5 cm³/mol. The van der Waals surface area contributed by atoms with E-state index in [1.165, 1.54) is 6.26 Å². The first-order chi connectivity index (χ1) is 8.78. The molecule has 2 amide bonds. The maximum atomic E-state index is 11.9. The lowest BCUT2D eigenvalue weighted by Gasteiger charge is -2.27. The fourth-order valence-corrected chi connectivity index (χ4v) is 2.50. The zero-order valence-electron chi connectivity index (χ0n) is 11.8. The summed E-state index contributed by atoms with van der Waals surface area (Å²) >= 11 is 0. The number of nitrogens with one attached hydrogen (secondary N) is 2. The van der Waals surface area contributed by atoms with Crippen LogP contribution in [0, 0.1) is 0 Å². The SMILES string of the molecule is CC1(C)C[C@@H](NC(=O)NCc2ccon2)C(C)(C)O1. The Morgan fingerprint density at radius 2 is 2.21 bits per heavy atom. The molecule has 1 aliphatic rings. The van der Waals surface area contributed by atoms with Gasteiger partial charge in [-0.25, -0.2) is 4.79 Å². The first-order valence-electron chi connectivity index (χ1n) is 6.42. The molecule has 0 spiro atoms. The number of nitrogens with zero attached hydrogens (tertiary/aromatic N) is 1. The molecule has 6 heteroatoms. The molecule has 2 rings (SSSR count). The van der Waals surface area contributed by atoms with Crippen molar-refractivity contribution in [3.8, 4) is 0 Å². The van der Waals surface area contributed by atoms with Crippen molar-refractivity contribution in [1.29, 1.82) is 0 Å². The summed E-state index contributed by atoms with van der Waals surface area (Å²) in [4.78, 5) is 11.9. The van der Waals surface area contributed by atoms with E-state index in [1.54, 1.807) is 6.07 Å². The summed E-state index contributed by atoms with van der Waals surface area (Å²) in [5.41, 5.74) is 0.111. The lowest BCUT2D eigenvalue weighted by Crippen LogP contribution is -2.49. The van der Waals surface area contributed by atoms with Gasteiger partial charge in [-0.3, -0.25) is 0 Å². The van der Waals surface area contributed by atoms with E-state index in [1.807, 2.05) is 27.7 Å². The molecular formula is C13H21N3O3. The third kappa shape index (κ3) is 3.47. The molecular weight excluding hydrogens is 246 g/mol. The van der Waals surface area contributed by atoms with Gasteiger partial charge < -0.3 is 19.9 Å². The maximum absolute atomic E-state index is 11.9. The lowest BCUT2D eigenvalue weighted by molar-refractivity contribution is -0.0690. The van der Waals surface area contributed by atoms with E-state index >= 15 is 0 Å². The van der Waals surface area contributed by atoms with Crippen molar-refractivity contribution in [2.24, 2.45) is 0 Å². The molecule has 0 radical (unpaired) electrons. The minimum absolute atomic E-state index is 0.0141. The van der Waals surface area contributed by atoms with Crippen molar-refractivity contribution in [3.05, 3.63) is 18.0 Å². The first kappa shape index (κ1) is 13.9. The monoisotopic (exact) mass is 267 g/mol. The van der Waals surface area contributed by atoms with Crippen LogP contribution in [0.5, 0.6) is 0 Å². The minimum Gasteiger partial charge on any atom is -0.367 e. The highest BCUT2D eigenvalue weighted by Crippen LogP contribution is 2.37. The molecule has 1 saturated heterocycles. The summed E-state index contributed by atoms with van der Waals surface area (Å²) in [5, 5.41) is 9.43. The van der Waals surface area contributed by atoms with Crippen LogP contribution in [-0.4, -0.2) is 28.4 Å². The van der Waals surface area contributed by atoms with Crippen LogP contribution < -0.4 is 10.6 Å². The Morgan fingerprint density at radius 1 is 1.47 bits per heavy atom. The Kier molecular flexibility index (Phi) is 3.54. The van der Waals surface area contributed by atoms with E-state index in [9.17, 15) is 4.79 Å². The number of rotatable bonds is 3. The van der Waals surface area contributed by atoms with Gasteiger partial charge in [-0.1, -0.05) is 5.16 Å². The molecule has 1 aromatic rings. The predicted octanol–water partition coefficient (Wildman–Crippen LogP) is 1.82. The van der Waals surface area contributed by atoms with Gasteiger partial charge in [0.05, 0.1) is 23.8 Å². The second-order valence-corrected chi connectivity index (χ2v) is 6.04. The smallest absolute Gasteiger partial charge is 0.315 e. The van der Waals surface area contributed by atoms with Gasteiger partial charge in [0.1, 0.15) is 12.0 Å². The second-order valence-electron chi connectivity index (χ2n) is 6.04. The highest BCUT2D eigenvalue weighted by atomic mass is 16.5. The van der Waals surface area contributed by atoms with Gasteiger partial charge in [0.2, 0.25) is 0 Å². The Balaban J connectivity index is 1.85. The highest BCUT2D eigenvalue weighted by Gasteiger charge is 2.46. The average Bonchev–Trinajstić information content (AvgIpc) is 2.82. The summed E-state index contributed by atoms with van der Waals surface area (Å²) in [6.07, 6.45) is 2.27. The second kappa shape index (κ2) is 4.85. The third-order valence-electron chi connectivity index (χ3n) is 3.30. The van der Waals surface area contributed by atoms with Gasteiger partial charge >= 0.3 is 6.03 Å². The minimum atomic E-state index is -0.366. The Hall–Kier alpha value is -1.56. The van der Waals surface area contributed by atoms with Crippen LogP contribution in [-0.2, 0) is 11.3 Å². The van der Waals surface area contributed by atoms with Crippen molar-refractivity contribution in [2.75, 3.05) is 0 Å². The van der Waals surface area contributed by atoms with Crippen molar-refractivity contribution in [3.63, 3.8) is 0 Å². The summed E-state index contributed by atoms with van der Waals surface area (Å²) in [5.74, 6) is 0. The molecule has 0 aromatic carbocycles. The lowest BCUT2D eigenvalue weighted by atomic mass is 9.95. The van der Waals surface area contributed by atoms with Crippen molar-refractivity contribution < 1.29 is 14.1 Å². The topological polar surface area (TPSA) is 76.4 Å². The fourth-order valence-electron chi connectivity index (χ4n) is 2.50. The van der Waals surface area contributed by atoms with E-state index in [-0.39, 0.29) is 23.3 Å².